The molecule has 0 aromatic heterocycles. The maximum Gasteiger partial charge on any atom is 0.252 e. The Balaban J connectivity index is 2.32. The molecule has 0 spiro atoms. The van der Waals surface area contributed by atoms with Crippen molar-refractivity contribution in [3.05, 3.63) is 0 Å². The van der Waals surface area contributed by atoms with E-state index < -0.39 is 5.54 Å². The molecular weight excluding hydrogens is 202 g/mol. The second kappa shape index (κ2) is 5.87. The van der Waals surface area contributed by atoms with Crippen molar-refractivity contribution in [1.82, 2.24) is 10.6 Å². The van der Waals surface area contributed by atoms with E-state index >= 15 is 0 Å². The first-order valence-electron chi connectivity index (χ1n) is 6.19. The van der Waals surface area contributed by atoms with E-state index in [0.717, 1.165) is 12.8 Å². The van der Waals surface area contributed by atoms with E-state index in [0.29, 0.717) is 5.96 Å². The second-order valence-corrected chi connectivity index (χ2v) is 4.65. The minimum atomic E-state index is -0.457. The third-order valence-corrected chi connectivity index (χ3v) is 3.13. The lowest BCUT2D eigenvalue weighted by Crippen LogP contribution is -2.43. The van der Waals surface area contributed by atoms with Crippen LogP contribution in [0.4, 0.5) is 0 Å². The van der Waals surface area contributed by atoms with Gasteiger partial charge in [0.1, 0.15) is 5.54 Å². The summed E-state index contributed by atoms with van der Waals surface area (Å²) in [7, 11) is 1.68. The maximum atomic E-state index is 11.7. The zero-order chi connectivity index (χ0) is 12.0. The molecule has 1 aliphatic rings. The van der Waals surface area contributed by atoms with Gasteiger partial charge in [0.05, 0.1) is 0 Å². The molecule has 1 saturated heterocycles. The molecule has 0 aromatic rings. The lowest BCUT2D eigenvalue weighted by molar-refractivity contribution is -0.123. The summed E-state index contributed by atoms with van der Waals surface area (Å²) in [5.74, 6) is 0.643. The van der Waals surface area contributed by atoms with Crippen molar-refractivity contribution in [2.24, 2.45) is 4.99 Å². The molecule has 1 heterocycles. The van der Waals surface area contributed by atoms with Crippen molar-refractivity contribution in [3.63, 3.8) is 0 Å². The number of hydrogen-bond donors (Lipinski definition) is 2. The number of carbonyl (C=O) groups excluding carboxylic acids is 1. The van der Waals surface area contributed by atoms with Gasteiger partial charge in [0.25, 0.3) is 5.91 Å². The Morgan fingerprint density at radius 3 is 2.50 bits per heavy atom. The minimum Gasteiger partial charge on any atom is -0.342 e. The standard InChI is InChI=1S/C12H23N3O/c1-4-5-6-7-8-9-12(2)10(16)14-11(13-3)15-12/h4-9H2,1-3H3,(H2,13,14,15,16). The second-order valence-electron chi connectivity index (χ2n) is 4.65. The van der Waals surface area contributed by atoms with Crippen LogP contribution in [0.3, 0.4) is 0 Å². The summed E-state index contributed by atoms with van der Waals surface area (Å²) < 4.78 is 0. The Hall–Kier alpha value is -1.06. The van der Waals surface area contributed by atoms with Crippen molar-refractivity contribution < 1.29 is 4.79 Å². The summed E-state index contributed by atoms with van der Waals surface area (Å²) in [6.07, 6.45) is 6.98. The number of guanidine groups is 1. The van der Waals surface area contributed by atoms with Gasteiger partial charge >= 0.3 is 0 Å². The molecule has 1 aliphatic heterocycles. The van der Waals surface area contributed by atoms with Crippen LogP contribution in [0.2, 0.25) is 0 Å². The lowest BCUT2D eigenvalue weighted by atomic mass is 9.94. The van der Waals surface area contributed by atoms with Crippen LogP contribution in [0.15, 0.2) is 4.99 Å². The molecule has 1 atom stereocenters. The molecule has 1 amide bonds. The first-order valence-corrected chi connectivity index (χ1v) is 6.19. The predicted octanol–water partition coefficient (Wildman–Crippen LogP) is 1.81. The highest BCUT2D eigenvalue weighted by Crippen LogP contribution is 2.19. The fourth-order valence-electron chi connectivity index (χ4n) is 1.96. The Morgan fingerprint density at radius 2 is 1.94 bits per heavy atom. The molecule has 1 unspecified atom stereocenters. The van der Waals surface area contributed by atoms with E-state index in [4.69, 9.17) is 0 Å². The number of unbranched alkanes of at least 4 members (excludes halogenated alkanes) is 4. The van der Waals surface area contributed by atoms with E-state index in [1.165, 1.54) is 25.7 Å². The number of nitrogens with zero attached hydrogens (tertiary/aromatic N) is 1. The van der Waals surface area contributed by atoms with Gasteiger partial charge in [-0.1, -0.05) is 39.0 Å². The third-order valence-electron chi connectivity index (χ3n) is 3.13. The molecule has 16 heavy (non-hydrogen) atoms. The summed E-state index contributed by atoms with van der Waals surface area (Å²) >= 11 is 0. The van der Waals surface area contributed by atoms with Crippen LogP contribution in [-0.4, -0.2) is 24.5 Å². The van der Waals surface area contributed by atoms with Gasteiger partial charge in [-0.3, -0.25) is 15.1 Å². The molecule has 2 N–H and O–H groups in total. The van der Waals surface area contributed by atoms with Crippen molar-refractivity contribution in [3.8, 4) is 0 Å². The zero-order valence-corrected chi connectivity index (χ0v) is 10.6. The molecule has 92 valence electrons. The summed E-state index contributed by atoms with van der Waals surface area (Å²) in [6, 6.07) is 0. The third kappa shape index (κ3) is 3.22. The van der Waals surface area contributed by atoms with Gasteiger partial charge < -0.3 is 5.32 Å². The van der Waals surface area contributed by atoms with Crippen LogP contribution >= 0.6 is 0 Å². The summed E-state index contributed by atoms with van der Waals surface area (Å²) in [5, 5.41) is 5.89. The van der Waals surface area contributed by atoms with Gasteiger partial charge in [0.2, 0.25) is 0 Å². The van der Waals surface area contributed by atoms with Gasteiger partial charge in [-0.05, 0) is 13.3 Å². The molecule has 0 aliphatic carbocycles. The van der Waals surface area contributed by atoms with Gasteiger partial charge in [0.15, 0.2) is 5.96 Å². The smallest absolute Gasteiger partial charge is 0.252 e. The quantitative estimate of drug-likeness (QED) is 0.677. The number of carbonyl (C=O) groups is 1. The number of rotatable bonds is 6. The number of nitrogens with one attached hydrogen (secondary N) is 2. The molecule has 1 fully saturated rings. The summed E-state index contributed by atoms with van der Waals surface area (Å²) in [5.41, 5.74) is -0.457. The van der Waals surface area contributed by atoms with Gasteiger partial charge in [-0.2, -0.15) is 0 Å². The van der Waals surface area contributed by atoms with Crippen LogP contribution in [0.5, 0.6) is 0 Å². The fraction of sp³-hybridized carbons (Fsp3) is 0.833. The minimum absolute atomic E-state index is 0.0450. The SMILES string of the molecule is CCCCCCCC1(C)NC(=NC)NC1=O. The van der Waals surface area contributed by atoms with Crippen molar-refractivity contribution in [2.45, 2.75) is 57.9 Å². The molecular formula is C12H23N3O. The highest BCUT2D eigenvalue weighted by Gasteiger charge is 2.39. The van der Waals surface area contributed by atoms with Gasteiger partial charge in [-0.25, -0.2) is 0 Å². The van der Waals surface area contributed by atoms with Crippen molar-refractivity contribution >= 4 is 11.9 Å². The Kier molecular flexibility index (Phi) is 4.77. The van der Waals surface area contributed by atoms with E-state index in [9.17, 15) is 4.79 Å². The molecule has 0 saturated carbocycles. The van der Waals surface area contributed by atoms with Crippen molar-refractivity contribution in [2.75, 3.05) is 7.05 Å². The van der Waals surface area contributed by atoms with Gasteiger partial charge in [-0.15, -0.1) is 0 Å². The van der Waals surface area contributed by atoms with Crippen LogP contribution in [0.25, 0.3) is 0 Å². The molecule has 1 rings (SSSR count). The van der Waals surface area contributed by atoms with E-state index in [-0.39, 0.29) is 5.91 Å². The molecule has 4 heteroatoms. The van der Waals surface area contributed by atoms with Crippen LogP contribution < -0.4 is 10.6 Å². The highest BCUT2D eigenvalue weighted by atomic mass is 16.2. The Labute approximate surface area is 97.9 Å². The summed E-state index contributed by atoms with van der Waals surface area (Å²) in [6.45, 7) is 4.15. The normalized spacial score (nSPS) is 26.9. The first kappa shape index (κ1) is 13.0. The van der Waals surface area contributed by atoms with Gasteiger partial charge in [0, 0.05) is 7.05 Å². The lowest BCUT2D eigenvalue weighted by Gasteiger charge is -2.20. The number of hydrogen-bond acceptors (Lipinski definition) is 2. The van der Waals surface area contributed by atoms with Crippen LogP contribution in [0, 0.1) is 0 Å². The zero-order valence-electron chi connectivity index (χ0n) is 10.6. The molecule has 0 radical (unpaired) electrons. The number of aliphatic imine (C=N–C) groups is 1. The highest BCUT2D eigenvalue weighted by molar-refractivity contribution is 6.08. The molecule has 0 bridgehead atoms. The van der Waals surface area contributed by atoms with E-state index in [1.54, 1.807) is 7.05 Å². The summed E-state index contributed by atoms with van der Waals surface area (Å²) in [4.78, 5) is 15.7. The van der Waals surface area contributed by atoms with Crippen LogP contribution in [0.1, 0.15) is 52.4 Å². The topological polar surface area (TPSA) is 53.5 Å². The molecule has 4 nitrogen and oxygen atoms in total. The average molecular weight is 225 g/mol. The Bertz CT molecular complexity index is 275. The Morgan fingerprint density at radius 1 is 1.25 bits per heavy atom. The average Bonchev–Trinajstić information content (AvgIpc) is 2.55. The van der Waals surface area contributed by atoms with Crippen LogP contribution in [-0.2, 0) is 4.79 Å². The predicted molar refractivity (Wildman–Crippen MR) is 66.4 cm³/mol. The first-order chi connectivity index (χ1) is 7.62. The van der Waals surface area contributed by atoms with E-state index in [2.05, 4.69) is 22.5 Å². The largest absolute Gasteiger partial charge is 0.342 e. The number of amides is 1. The van der Waals surface area contributed by atoms with E-state index in [1.807, 2.05) is 6.92 Å². The maximum absolute atomic E-state index is 11.7. The fourth-order valence-corrected chi connectivity index (χ4v) is 1.96. The van der Waals surface area contributed by atoms with Crippen molar-refractivity contribution in [1.29, 1.82) is 0 Å². The monoisotopic (exact) mass is 225 g/mol. The molecule has 0 aromatic carbocycles.